The molecule has 0 aromatic heterocycles. The van der Waals surface area contributed by atoms with Crippen LogP contribution in [0.4, 0.5) is 0 Å². The highest BCUT2D eigenvalue weighted by atomic mass is 15.2. The Morgan fingerprint density at radius 3 is 2.41 bits per heavy atom. The first kappa shape index (κ1) is 14.9. The van der Waals surface area contributed by atoms with Crippen LogP contribution in [0.1, 0.15) is 39.0 Å². The van der Waals surface area contributed by atoms with E-state index in [1.54, 1.807) is 0 Å². The summed E-state index contributed by atoms with van der Waals surface area (Å²) in [4.78, 5) is 5.01. The van der Waals surface area contributed by atoms with Crippen LogP contribution in [0.3, 0.4) is 0 Å². The van der Waals surface area contributed by atoms with Crippen molar-refractivity contribution in [3.05, 3.63) is 0 Å². The first-order valence-electron chi connectivity index (χ1n) is 7.22. The predicted molar refractivity (Wildman–Crippen MR) is 75.2 cm³/mol. The van der Waals surface area contributed by atoms with Gasteiger partial charge in [-0.2, -0.15) is 0 Å². The lowest BCUT2D eigenvalue weighted by Crippen LogP contribution is -2.42. The molecule has 1 rings (SSSR count). The van der Waals surface area contributed by atoms with E-state index in [1.165, 1.54) is 51.7 Å². The number of piperidine rings is 1. The minimum absolute atomic E-state index is 0.805. The van der Waals surface area contributed by atoms with Gasteiger partial charge in [0.2, 0.25) is 0 Å². The molecule has 0 aromatic carbocycles. The number of nitrogens with zero attached hydrogens (tertiary/aromatic N) is 2. The summed E-state index contributed by atoms with van der Waals surface area (Å²) in [5.41, 5.74) is 5.57. The fourth-order valence-electron chi connectivity index (χ4n) is 2.75. The highest BCUT2D eigenvalue weighted by Gasteiger charge is 2.19. The van der Waals surface area contributed by atoms with Gasteiger partial charge in [-0.25, -0.2) is 0 Å². The van der Waals surface area contributed by atoms with Crippen LogP contribution >= 0.6 is 0 Å². The van der Waals surface area contributed by atoms with Crippen LogP contribution in [0.5, 0.6) is 0 Å². The van der Waals surface area contributed by atoms with Gasteiger partial charge >= 0.3 is 0 Å². The second-order valence-corrected chi connectivity index (χ2v) is 5.86. The van der Waals surface area contributed by atoms with Gasteiger partial charge in [0.25, 0.3) is 0 Å². The molecular formula is C14H31N3. The van der Waals surface area contributed by atoms with E-state index in [-0.39, 0.29) is 0 Å². The molecule has 1 aliphatic heterocycles. The first-order valence-corrected chi connectivity index (χ1v) is 7.22. The highest BCUT2D eigenvalue weighted by Crippen LogP contribution is 2.16. The molecule has 3 nitrogen and oxygen atoms in total. The molecule has 3 heteroatoms. The summed E-state index contributed by atoms with van der Waals surface area (Å²) < 4.78 is 0. The minimum atomic E-state index is 0.805. The van der Waals surface area contributed by atoms with E-state index >= 15 is 0 Å². The SMILES string of the molecule is CC(CCN)CCCN1CCC(N(C)C)CC1. The highest BCUT2D eigenvalue weighted by molar-refractivity contribution is 4.76. The molecule has 1 fully saturated rings. The van der Waals surface area contributed by atoms with Crippen LogP contribution in [0.25, 0.3) is 0 Å². The molecule has 2 N–H and O–H groups in total. The molecule has 1 atom stereocenters. The first-order chi connectivity index (χ1) is 8.13. The van der Waals surface area contributed by atoms with Crippen LogP contribution in [-0.4, -0.2) is 56.1 Å². The summed E-state index contributed by atoms with van der Waals surface area (Å²) in [6, 6.07) is 0.808. The number of hydrogen-bond donors (Lipinski definition) is 1. The molecule has 0 spiro atoms. The van der Waals surface area contributed by atoms with Gasteiger partial charge in [0.1, 0.15) is 0 Å². The summed E-state index contributed by atoms with van der Waals surface area (Å²) >= 11 is 0. The fourth-order valence-corrected chi connectivity index (χ4v) is 2.75. The average Bonchev–Trinajstić information content (AvgIpc) is 2.30. The summed E-state index contributed by atoms with van der Waals surface area (Å²) in [5.74, 6) is 0.805. The molecule has 0 saturated carbocycles. The van der Waals surface area contributed by atoms with Crippen molar-refractivity contribution in [3.8, 4) is 0 Å². The van der Waals surface area contributed by atoms with Gasteiger partial charge in [-0.15, -0.1) is 0 Å². The van der Waals surface area contributed by atoms with Crippen molar-refractivity contribution in [3.63, 3.8) is 0 Å². The predicted octanol–water partition coefficient (Wildman–Crippen LogP) is 1.78. The van der Waals surface area contributed by atoms with Gasteiger partial charge in [0, 0.05) is 6.04 Å². The van der Waals surface area contributed by atoms with E-state index in [0.717, 1.165) is 18.5 Å². The Labute approximate surface area is 107 Å². The molecule has 1 heterocycles. The van der Waals surface area contributed by atoms with E-state index in [1.807, 2.05) is 0 Å². The molecule has 0 amide bonds. The molecular weight excluding hydrogens is 210 g/mol. The van der Waals surface area contributed by atoms with E-state index in [2.05, 4.69) is 30.8 Å². The van der Waals surface area contributed by atoms with Gasteiger partial charge in [-0.05, 0) is 78.3 Å². The third-order valence-electron chi connectivity index (χ3n) is 4.12. The normalized spacial score (nSPS) is 21.0. The molecule has 1 saturated heterocycles. The zero-order valence-electron chi connectivity index (χ0n) is 12.0. The Balaban J connectivity index is 2.06. The summed E-state index contributed by atoms with van der Waals surface area (Å²) in [6.45, 7) is 7.03. The van der Waals surface area contributed by atoms with Gasteiger partial charge in [0.05, 0.1) is 0 Å². The molecule has 17 heavy (non-hydrogen) atoms. The smallest absolute Gasteiger partial charge is 0.0113 e. The maximum atomic E-state index is 5.57. The lowest BCUT2D eigenvalue weighted by Gasteiger charge is -2.35. The van der Waals surface area contributed by atoms with Crippen LogP contribution < -0.4 is 5.73 Å². The maximum Gasteiger partial charge on any atom is 0.0113 e. The van der Waals surface area contributed by atoms with Crippen molar-refractivity contribution in [2.24, 2.45) is 11.7 Å². The standard InChI is InChI=1S/C14H31N3/c1-13(6-9-15)5-4-10-17-11-7-14(8-12-17)16(2)3/h13-14H,4-12,15H2,1-3H3. The minimum Gasteiger partial charge on any atom is -0.330 e. The second-order valence-electron chi connectivity index (χ2n) is 5.86. The van der Waals surface area contributed by atoms with Crippen molar-refractivity contribution in [2.45, 2.75) is 45.1 Å². The second kappa shape index (κ2) is 8.06. The Morgan fingerprint density at radius 1 is 1.24 bits per heavy atom. The molecule has 0 radical (unpaired) electrons. The lowest BCUT2D eigenvalue weighted by molar-refractivity contribution is 0.142. The molecule has 1 aliphatic rings. The Morgan fingerprint density at radius 2 is 1.88 bits per heavy atom. The van der Waals surface area contributed by atoms with E-state index in [4.69, 9.17) is 5.73 Å². The molecule has 0 aromatic rings. The average molecular weight is 241 g/mol. The topological polar surface area (TPSA) is 32.5 Å². The van der Waals surface area contributed by atoms with Crippen molar-refractivity contribution < 1.29 is 0 Å². The van der Waals surface area contributed by atoms with E-state index in [9.17, 15) is 0 Å². The third-order valence-corrected chi connectivity index (χ3v) is 4.12. The van der Waals surface area contributed by atoms with Gasteiger partial charge in [-0.1, -0.05) is 6.92 Å². The Kier molecular flexibility index (Phi) is 7.09. The Hall–Kier alpha value is -0.120. The number of hydrogen-bond acceptors (Lipinski definition) is 3. The molecule has 0 bridgehead atoms. The Bertz CT molecular complexity index is 186. The summed E-state index contributed by atoms with van der Waals surface area (Å²) in [7, 11) is 4.41. The van der Waals surface area contributed by atoms with E-state index in [0.29, 0.717) is 0 Å². The fraction of sp³-hybridized carbons (Fsp3) is 1.00. The van der Waals surface area contributed by atoms with Crippen LogP contribution in [0.15, 0.2) is 0 Å². The molecule has 1 unspecified atom stereocenters. The van der Waals surface area contributed by atoms with Gasteiger partial charge in [-0.3, -0.25) is 0 Å². The van der Waals surface area contributed by atoms with E-state index < -0.39 is 0 Å². The molecule has 0 aliphatic carbocycles. The van der Waals surface area contributed by atoms with Crippen LogP contribution in [0.2, 0.25) is 0 Å². The largest absolute Gasteiger partial charge is 0.330 e. The van der Waals surface area contributed by atoms with Crippen LogP contribution in [-0.2, 0) is 0 Å². The van der Waals surface area contributed by atoms with Crippen LogP contribution in [0, 0.1) is 5.92 Å². The monoisotopic (exact) mass is 241 g/mol. The molecule has 102 valence electrons. The van der Waals surface area contributed by atoms with Gasteiger partial charge < -0.3 is 15.5 Å². The van der Waals surface area contributed by atoms with Crippen molar-refractivity contribution in [2.75, 3.05) is 40.3 Å². The van der Waals surface area contributed by atoms with Crippen molar-refractivity contribution in [1.29, 1.82) is 0 Å². The van der Waals surface area contributed by atoms with Crippen molar-refractivity contribution >= 4 is 0 Å². The number of nitrogens with two attached hydrogens (primary N) is 1. The number of rotatable bonds is 7. The summed E-state index contributed by atoms with van der Waals surface area (Å²) in [6.07, 6.45) is 6.54. The summed E-state index contributed by atoms with van der Waals surface area (Å²) in [5, 5.41) is 0. The van der Waals surface area contributed by atoms with Gasteiger partial charge in [0.15, 0.2) is 0 Å². The zero-order chi connectivity index (χ0) is 12.7. The lowest BCUT2D eigenvalue weighted by atomic mass is 10.0. The quantitative estimate of drug-likeness (QED) is 0.737. The maximum absolute atomic E-state index is 5.57. The third kappa shape index (κ3) is 5.84. The number of likely N-dealkylation sites (tertiary alicyclic amines) is 1. The zero-order valence-corrected chi connectivity index (χ0v) is 12.0. The van der Waals surface area contributed by atoms with Crippen molar-refractivity contribution in [1.82, 2.24) is 9.80 Å².